The average Bonchev–Trinajstić information content (AvgIpc) is 3.14. The number of rotatable bonds is 4. The number of benzene rings is 1. The number of hydrogen-bond donors (Lipinski definition) is 0. The van der Waals surface area contributed by atoms with Gasteiger partial charge in [0.15, 0.2) is 5.82 Å². The van der Waals surface area contributed by atoms with Crippen molar-refractivity contribution >= 4 is 23.3 Å². The van der Waals surface area contributed by atoms with Crippen molar-refractivity contribution in [2.75, 3.05) is 18.0 Å². The first kappa shape index (κ1) is 17.9. The predicted molar refractivity (Wildman–Crippen MR) is 103 cm³/mol. The fourth-order valence-electron chi connectivity index (χ4n) is 3.49. The SMILES string of the molecule is C=CC(=O)N1CCN(c2cn3ccccc3n2)C(=O)[C@H]1Cc1ccc(F)cc1. The van der Waals surface area contributed by atoms with Crippen LogP contribution in [-0.4, -0.2) is 45.2 Å². The maximum absolute atomic E-state index is 13.3. The van der Waals surface area contributed by atoms with E-state index in [1.54, 1.807) is 23.2 Å². The predicted octanol–water partition coefficient (Wildman–Crippen LogP) is 2.45. The second kappa shape index (κ2) is 7.26. The van der Waals surface area contributed by atoms with Crippen molar-refractivity contribution < 1.29 is 14.0 Å². The van der Waals surface area contributed by atoms with Gasteiger partial charge >= 0.3 is 0 Å². The molecule has 0 unspecified atom stereocenters. The Morgan fingerprint density at radius 3 is 2.71 bits per heavy atom. The molecule has 1 fully saturated rings. The highest BCUT2D eigenvalue weighted by molar-refractivity contribution is 6.01. The minimum atomic E-state index is -0.700. The zero-order valence-electron chi connectivity index (χ0n) is 15.2. The minimum absolute atomic E-state index is 0.214. The minimum Gasteiger partial charge on any atom is -0.325 e. The second-order valence-electron chi connectivity index (χ2n) is 6.64. The van der Waals surface area contributed by atoms with Gasteiger partial charge in [-0.15, -0.1) is 0 Å². The van der Waals surface area contributed by atoms with Crippen molar-refractivity contribution in [3.63, 3.8) is 0 Å². The van der Waals surface area contributed by atoms with Crippen LogP contribution in [-0.2, 0) is 16.0 Å². The number of nitrogens with zero attached hydrogens (tertiary/aromatic N) is 4. The van der Waals surface area contributed by atoms with Gasteiger partial charge in [0.25, 0.3) is 5.91 Å². The van der Waals surface area contributed by atoms with Crippen molar-refractivity contribution in [2.45, 2.75) is 12.5 Å². The van der Waals surface area contributed by atoms with Crippen molar-refractivity contribution in [3.8, 4) is 0 Å². The monoisotopic (exact) mass is 378 g/mol. The number of amides is 2. The van der Waals surface area contributed by atoms with Gasteiger partial charge in [0.2, 0.25) is 5.91 Å². The Kier molecular flexibility index (Phi) is 4.65. The molecule has 1 aliphatic rings. The fraction of sp³-hybridized carbons (Fsp3) is 0.190. The molecular weight excluding hydrogens is 359 g/mol. The number of piperazine rings is 1. The number of carbonyl (C=O) groups excluding carboxylic acids is 2. The van der Waals surface area contributed by atoms with Gasteiger partial charge in [0, 0.05) is 25.7 Å². The highest BCUT2D eigenvalue weighted by atomic mass is 19.1. The molecule has 3 heterocycles. The van der Waals surface area contributed by atoms with E-state index in [-0.39, 0.29) is 17.6 Å². The van der Waals surface area contributed by atoms with Crippen molar-refractivity contribution in [1.29, 1.82) is 0 Å². The Morgan fingerprint density at radius 1 is 1.21 bits per heavy atom. The van der Waals surface area contributed by atoms with Gasteiger partial charge in [0.1, 0.15) is 17.5 Å². The summed E-state index contributed by atoms with van der Waals surface area (Å²) >= 11 is 0. The van der Waals surface area contributed by atoms with Gasteiger partial charge in [-0.05, 0) is 35.9 Å². The molecular formula is C21H19FN4O2. The molecule has 142 valence electrons. The number of anilines is 1. The van der Waals surface area contributed by atoms with Crippen LogP contribution >= 0.6 is 0 Å². The van der Waals surface area contributed by atoms with E-state index >= 15 is 0 Å². The van der Waals surface area contributed by atoms with Crippen molar-refractivity contribution in [1.82, 2.24) is 14.3 Å². The molecule has 0 radical (unpaired) electrons. The number of imidazole rings is 1. The number of fused-ring (bicyclic) bond motifs is 1. The number of hydrogen-bond acceptors (Lipinski definition) is 3. The largest absolute Gasteiger partial charge is 0.325 e. The van der Waals surface area contributed by atoms with Crippen LogP contribution in [0.1, 0.15) is 5.56 Å². The molecule has 0 bridgehead atoms. The molecule has 1 atom stereocenters. The van der Waals surface area contributed by atoms with Crippen molar-refractivity contribution in [2.24, 2.45) is 0 Å². The molecule has 2 aromatic heterocycles. The van der Waals surface area contributed by atoms with E-state index in [0.29, 0.717) is 25.3 Å². The second-order valence-corrected chi connectivity index (χ2v) is 6.64. The summed E-state index contributed by atoms with van der Waals surface area (Å²) in [6, 6.07) is 10.9. The van der Waals surface area contributed by atoms with E-state index < -0.39 is 6.04 Å². The lowest BCUT2D eigenvalue weighted by Gasteiger charge is -2.39. The smallest absolute Gasteiger partial charge is 0.251 e. The molecule has 28 heavy (non-hydrogen) atoms. The third-order valence-electron chi connectivity index (χ3n) is 4.92. The van der Waals surface area contributed by atoms with Gasteiger partial charge in [-0.1, -0.05) is 24.8 Å². The van der Waals surface area contributed by atoms with Gasteiger partial charge < -0.3 is 9.30 Å². The molecule has 1 saturated heterocycles. The van der Waals surface area contributed by atoms with Crippen LogP contribution in [0.3, 0.4) is 0 Å². The topological polar surface area (TPSA) is 57.9 Å². The summed E-state index contributed by atoms with van der Waals surface area (Å²) in [7, 11) is 0. The first-order valence-corrected chi connectivity index (χ1v) is 8.99. The molecule has 7 heteroatoms. The third kappa shape index (κ3) is 3.26. The molecule has 2 amide bonds. The molecule has 0 saturated carbocycles. The lowest BCUT2D eigenvalue weighted by molar-refractivity contribution is -0.138. The summed E-state index contributed by atoms with van der Waals surface area (Å²) in [6.45, 7) is 4.26. The molecule has 1 aromatic carbocycles. The van der Waals surface area contributed by atoms with Crippen LogP contribution in [0, 0.1) is 5.82 Å². The summed E-state index contributed by atoms with van der Waals surface area (Å²) < 4.78 is 15.1. The Morgan fingerprint density at radius 2 is 2.00 bits per heavy atom. The van der Waals surface area contributed by atoms with Crippen LogP contribution < -0.4 is 4.90 Å². The Labute approximate surface area is 161 Å². The van der Waals surface area contributed by atoms with Crippen LogP contribution in [0.5, 0.6) is 0 Å². The van der Waals surface area contributed by atoms with E-state index in [2.05, 4.69) is 11.6 Å². The molecule has 3 aromatic rings. The first-order valence-electron chi connectivity index (χ1n) is 8.99. The summed E-state index contributed by atoms with van der Waals surface area (Å²) in [5.74, 6) is -0.306. The quantitative estimate of drug-likeness (QED) is 0.656. The Hall–Kier alpha value is -3.48. The summed E-state index contributed by atoms with van der Waals surface area (Å²) in [4.78, 5) is 33.2. The van der Waals surface area contributed by atoms with E-state index in [1.165, 1.54) is 23.1 Å². The maximum Gasteiger partial charge on any atom is 0.251 e. The molecule has 1 aliphatic heterocycles. The third-order valence-corrected chi connectivity index (χ3v) is 4.92. The van der Waals surface area contributed by atoms with E-state index in [9.17, 15) is 14.0 Å². The van der Waals surface area contributed by atoms with Gasteiger partial charge in [-0.3, -0.25) is 14.5 Å². The normalized spacial score (nSPS) is 17.2. The zero-order chi connectivity index (χ0) is 19.7. The highest BCUT2D eigenvalue weighted by Crippen LogP contribution is 2.23. The average molecular weight is 378 g/mol. The van der Waals surface area contributed by atoms with Gasteiger partial charge in [0.05, 0.1) is 6.20 Å². The zero-order valence-corrected chi connectivity index (χ0v) is 15.2. The summed E-state index contributed by atoms with van der Waals surface area (Å²) in [6.07, 6.45) is 5.17. The van der Waals surface area contributed by atoms with Crippen LogP contribution in [0.15, 0.2) is 67.5 Å². The number of halogens is 1. The molecule has 0 aliphatic carbocycles. The Bertz CT molecular complexity index is 1010. The van der Waals surface area contributed by atoms with Crippen LogP contribution in [0.2, 0.25) is 0 Å². The maximum atomic E-state index is 13.3. The lowest BCUT2D eigenvalue weighted by Crippen LogP contribution is -2.59. The standard InChI is InChI=1S/C21H19FN4O2/c1-2-20(27)25-11-12-26(19-14-24-10-4-3-5-18(24)23-19)21(28)17(25)13-15-6-8-16(22)9-7-15/h2-10,14,17H,1,11-13H2/t17-/m1/s1. The number of aromatic nitrogens is 2. The first-order chi connectivity index (χ1) is 13.6. The fourth-order valence-corrected chi connectivity index (χ4v) is 3.49. The lowest BCUT2D eigenvalue weighted by atomic mass is 10.0. The van der Waals surface area contributed by atoms with Crippen molar-refractivity contribution in [3.05, 3.63) is 78.9 Å². The van der Waals surface area contributed by atoms with Gasteiger partial charge in [-0.2, -0.15) is 0 Å². The Balaban J connectivity index is 1.66. The van der Waals surface area contributed by atoms with E-state index in [0.717, 1.165) is 11.2 Å². The molecule has 0 spiro atoms. The number of carbonyl (C=O) groups is 2. The van der Waals surface area contributed by atoms with Crippen LogP contribution in [0.4, 0.5) is 10.2 Å². The van der Waals surface area contributed by atoms with Crippen LogP contribution in [0.25, 0.3) is 5.65 Å². The van der Waals surface area contributed by atoms with E-state index in [4.69, 9.17) is 0 Å². The molecule has 6 nitrogen and oxygen atoms in total. The highest BCUT2D eigenvalue weighted by Gasteiger charge is 2.38. The summed E-state index contributed by atoms with van der Waals surface area (Å²) in [5.41, 5.74) is 1.52. The molecule has 4 rings (SSSR count). The molecule has 0 N–H and O–H groups in total. The van der Waals surface area contributed by atoms with E-state index in [1.807, 2.05) is 28.8 Å². The number of pyridine rings is 1. The van der Waals surface area contributed by atoms with Gasteiger partial charge in [-0.25, -0.2) is 9.37 Å². The summed E-state index contributed by atoms with van der Waals surface area (Å²) in [5, 5.41) is 0.